The predicted octanol–water partition coefficient (Wildman–Crippen LogP) is 3.32. The number of aliphatic hydroxyl groups excluding tert-OH is 1. The molecule has 1 fully saturated rings. The summed E-state index contributed by atoms with van der Waals surface area (Å²) < 4.78 is 10.9. The molecule has 2 unspecified atom stereocenters. The van der Waals surface area contributed by atoms with E-state index in [9.17, 15) is 5.11 Å². The Hall–Kier alpha value is -1.06. The molecule has 0 saturated heterocycles. The van der Waals surface area contributed by atoms with Crippen LogP contribution in [0.15, 0.2) is 24.3 Å². The summed E-state index contributed by atoms with van der Waals surface area (Å²) in [5, 5.41) is 10.3. The van der Waals surface area contributed by atoms with Gasteiger partial charge in [-0.05, 0) is 43.4 Å². The fourth-order valence-corrected chi connectivity index (χ4v) is 2.63. The first-order chi connectivity index (χ1) is 9.20. The van der Waals surface area contributed by atoms with Crippen LogP contribution in [0.4, 0.5) is 0 Å². The van der Waals surface area contributed by atoms with E-state index in [2.05, 4.69) is 0 Å². The Morgan fingerprint density at radius 1 is 1.21 bits per heavy atom. The third-order valence-electron chi connectivity index (χ3n) is 3.97. The fraction of sp³-hybridized carbons (Fsp3) is 0.625. The minimum absolute atomic E-state index is 0.172. The van der Waals surface area contributed by atoms with Crippen LogP contribution >= 0.6 is 0 Å². The molecule has 2 atom stereocenters. The first-order valence-corrected chi connectivity index (χ1v) is 7.14. The van der Waals surface area contributed by atoms with E-state index in [-0.39, 0.29) is 6.10 Å². The Morgan fingerprint density at radius 2 is 1.84 bits per heavy atom. The molecule has 1 aliphatic rings. The van der Waals surface area contributed by atoms with Crippen molar-refractivity contribution >= 4 is 0 Å². The van der Waals surface area contributed by atoms with Crippen LogP contribution < -0.4 is 4.74 Å². The van der Waals surface area contributed by atoms with Gasteiger partial charge >= 0.3 is 0 Å². The molecule has 19 heavy (non-hydrogen) atoms. The summed E-state index contributed by atoms with van der Waals surface area (Å²) in [6.07, 6.45) is 4.44. The van der Waals surface area contributed by atoms with Crippen LogP contribution in [-0.2, 0) is 4.74 Å². The average Bonchev–Trinajstić information content (AvgIpc) is 2.97. The molecule has 0 radical (unpaired) electrons. The molecule has 0 amide bonds. The van der Waals surface area contributed by atoms with Gasteiger partial charge in [-0.3, -0.25) is 0 Å². The Labute approximate surface area is 115 Å². The van der Waals surface area contributed by atoms with Crippen molar-refractivity contribution in [2.75, 3.05) is 13.7 Å². The second kappa shape index (κ2) is 6.92. The molecule has 0 aliphatic heterocycles. The highest BCUT2D eigenvalue weighted by atomic mass is 16.5. The van der Waals surface area contributed by atoms with Crippen molar-refractivity contribution in [3.63, 3.8) is 0 Å². The van der Waals surface area contributed by atoms with Gasteiger partial charge < -0.3 is 14.6 Å². The second-order valence-electron chi connectivity index (χ2n) is 5.41. The number of hydrogen-bond acceptors (Lipinski definition) is 3. The van der Waals surface area contributed by atoms with Crippen LogP contribution in [0.25, 0.3) is 0 Å². The van der Waals surface area contributed by atoms with Crippen molar-refractivity contribution in [1.82, 2.24) is 0 Å². The summed E-state index contributed by atoms with van der Waals surface area (Å²) in [6, 6.07) is 7.50. The molecular weight excluding hydrogens is 240 g/mol. The van der Waals surface area contributed by atoms with E-state index in [4.69, 9.17) is 9.47 Å². The van der Waals surface area contributed by atoms with Gasteiger partial charge in [0.1, 0.15) is 11.9 Å². The number of ether oxygens (including phenoxy) is 2. The highest BCUT2D eigenvalue weighted by Gasteiger charge is 2.20. The van der Waals surface area contributed by atoms with E-state index in [1.807, 2.05) is 31.2 Å². The lowest BCUT2D eigenvalue weighted by molar-refractivity contribution is -0.0400. The Kier molecular flexibility index (Phi) is 5.23. The molecule has 0 spiro atoms. The van der Waals surface area contributed by atoms with Crippen LogP contribution in [0.3, 0.4) is 0 Å². The van der Waals surface area contributed by atoms with Crippen LogP contribution in [0, 0.1) is 5.92 Å². The van der Waals surface area contributed by atoms with Gasteiger partial charge in [-0.2, -0.15) is 0 Å². The zero-order valence-corrected chi connectivity index (χ0v) is 11.8. The Morgan fingerprint density at radius 3 is 2.42 bits per heavy atom. The SMILES string of the molecule is COc1ccc(C(O)C(C)OCC2CCCC2)cc1. The normalized spacial score (nSPS) is 19.3. The third kappa shape index (κ3) is 3.95. The summed E-state index contributed by atoms with van der Waals surface area (Å²) in [5.74, 6) is 1.49. The molecule has 0 bridgehead atoms. The van der Waals surface area contributed by atoms with Crippen molar-refractivity contribution < 1.29 is 14.6 Å². The van der Waals surface area contributed by atoms with Crippen molar-refractivity contribution in [3.8, 4) is 5.75 Å². The zero-order valence-electron chi connectivity index (χ0n) is 11.8. The lowest BCUT2D eigenvalue weighted by Crippen LogP contribution is -2.21. The van der Waals surface area contributed by atoms with Crippen LogP contribution in [0.5, 0.6) is 5.75 Å². The highest BCUT2D eigenvalue weighted by molar-refractivity contribution is 5.28. The summed E-state index contributed by atoms with van der Waals surface area (Å²) in [6.45, 7) is 2.71. The molecule has 3 heteroatoms. The molecule has 2 rings (SSSR count). The van der Waals surface area contributed by atoms with Crippen molar-refractivity contribution in [2.24, 2.45) is 5.92 Å². The van der Waals surface area contributed by atoms with Crippen molar-refractivity contribution in [1.29, 1.82) is 0 Å². The molecule has 1 saturated carbocycles. The fourth-order valence-electron chi connectivity index (χ4n) is 2.63. The van der Waals surface area contributed by atoms with Gasteiger partial charge in [0.2, 0.25) is 0 Å². The van der Waals surface area contributed by atoms with Crippen molar-refractivity contribution in [3.05, 3.63) is 29.8 Å². The monoisotopic (exact) mass is 264 g/mol. The molecule has 106 valence electrons. The van der Waals surface area contributed by atoms with Gasteiger partial charge in [-0.25, -0.2) is 0 Å². The van der Waals surface area contributed by atoms with Gasteiger partial charge in [0.25, 0.3) is 0 Å². The number of benzene rings is 1. The maximum Gasteiger partial charge on any atom is 0.118 e. The zero-order chi connectivity index (χ0) is 13.7. The van der Waals surface area contributed by atoms with E-state index in [0.29, 0.717) is 5.92 Å². The van der Waals surface area contributed by atoms with E-state index in [1.165, 1.54) is 25.7 Å². The highest BCUT2D eigenvalue weighted by Crippen LogP contribution is 2.27. The van der Waals surface area contributed by atoms with E-state index < -0.39 is 6.10 Å². The minimum atomic E-state index is -0.577. The predicted molar refractivity (Wildman–Crippen MR) is 75.3 cm³/mol. The van der Waals surface area contributed by atoms with Crippen LogP contribution in [0.2, 0.25) is 0 Å². The number of hydrogen-bond donors (Lipinski definition) is 1. The quantitative estimate of drug-likeness (QED) is 0.856. The van der Waals surface area contributed by atoms with Gasteiger partial charge in [-0.15, -0.1) is 0 Å². The number of aliphatic hydroxyl groups is 1. The Bertz CT molecular complexity index is 368. The first kappa shape index (κ1) is 14.4. The average molecular weight is 264 g/mol. The summed E-state index contributed by atoms with van der Waals surface area (Å²) >= 11 is 0. The minimum Gasteiger partial charge on any atom is -0.497 e. The molecule has 1 aliphatic carbocycles. The maximum absolute atomic E-state index is 10.3. The van der Waals surface area contributed by atoms with Gasteiger partial charge in [0.05, 0.1) is 13.2 Å². The van der Waals surface area contributed by atoms with Gasteiger partial charge in [0, 0.05) is 6.61 Å². The molecule has 0 aromatic heterocycles. The summed E-state index contributed by atoms with van der Waals surface area (Å²) in [5.41, 5.74) is 0.875. The largest absolute Gasteiger partial charge is 0.497 e. The topological polar surface area (TPSA) is 38.7 Å². The maximum atomic E-state index is 10.3. The molecule has 1 N–H and O–H groups in total. The van der Waals surface area contributed by atoms with Crippen LogP contribution in [-0.4, -0.2) is 24.9 Å². The molecule has 0 heterocycles. The van der Waals surface area contributed by atoms with Gasteiger partial charge in [-0.1, -0.05) is 25.0 Å². The summed E-state index contributed by atoms with van der Waals surface area (Å²) in [4.78, 5) is 0. The van der Waals surface area contributed by atoms with E-state index >= 15 is 0 Å². The lowest BCUT2D eigenvalue weighted by atomic mass is 10.0. The smallest absolute Gasteiger partial charge is 0.118 e. The van der Waals surface area contributed by atoms with Gasteiger partial charge in [0.15, 0.2) is 0 Å². The molecule has 1 aromatic carbocycles. The Balaban J connectivity index is 1.84. The van der Waals surface area contributed by atoms with E-state index in [0.717, 1.165) is 17.9 Å². The number of rotatable bonds is 6. The number of methoxy groups -OCH3 is 1. The van der Waals surface area contributed by atoms with Crippen LogP contribution in [0.1, 0.15) is 44.3 Å². The summed E-state index contributed by atoms with van der Waals surface area (Å²) in [7, 11) is 1.64. The molecular formula is C16H24O3. The molecule has 1 aromatic rings. The standard InChI is InChI=1S/C16H24O3/c1-12(19-11-13-5-3-4-6-13)16(17)14-7-9-15(18-2)10-8-14/h7-10,12-13,16-17H,3-6,11H2,1-2H3. The second-order valence-corrected chi connectivity index (χ2v) is 5.41. The van der Waals surface area contributed by atoms with E-state index in [1.54, 1.807) is 7.11 Å². The molecule has 3 nitrogen and oxygen atoms in total. The lowest BCUT2D eigenvalue weighted by Gasteiger charge is -2.22. The van der Waals surface area contributed by atoms with Crippen molar-refractivity contribution in [2.45, 2.75) is 44.8 Å². The third-order valence-corrected chi connectivity index (χ3v) is 3.97. The first-order valence-electron chi connectivity index (χ1n) is 7.14.